The predicted molar refractivity (Wildman–Crippen MR) is 107 cm³/mol. The molecule has 2 aliphatic rings. The zero-order chi connectivity index (χ0) is 23.0. The van der Waals surface area contributed by atoms with Crippen LogP contribution in [-0.2, 0) is 0 Å². The second kappa shape index (κ2) is 8.40. The quantitative estimate of drug-likeness (QED) is 0.668. The minimum Gasteiger partial charge on any atom is -0.465 e. The van der Waals surface area contributed by atoms with Crippen molar-refractivity contribution in [3.8, 4) is 17.5 Å². The van der Waals surface area contributed by atoms with Crippen LogP contribution in [0, 0.1) is 11.8 Å². The van der Waals surface area contributed by atoms with E-state index in [-0.39, 0.29) is 41.6 Å². The highest BCUT2D eigenvalue weighted by Gasteiger charge is 2.44. The van der Waals surface area contributed by atoms with Crippen molar-refractivity contribution in [3.05, 3.63) is 24.3 Å². The third kappa shape index (κ3) is 4.68. The third-order valence-electron chi connectivity index (χ3n) is 5.77. The number of carboxylic acid groups (broad SMARTS) is 1. The van der Waals surface area contributed by atoms with Gasteiger partial charge in [0.1, 0.15) is 0 Å². The Morgan fingerprint density at radius 3 is 2.38 bits per heavy atom. The number of piperidine rings is 1. The number of para-hydroxylation sites is 2. The van der Waals surface area contributed by atoms with Crippen LogP contribution >= 0.6 is 0 Å². The number of nitrogens with one attached hydrogen (secondary N) is 1. The molecule has 174 valence electrons. The fourth-order valence-electron chi connectivity index (χ4n) is 4.38. The first-order chi connectivity index (χ1) is 15.1. The number of carbonyl (C=O) groups is 1. The standard InChI is InChI=1S/C20H24F3N5O4/c1-11(2)28-18(31-14-5-3-4-6-15(14)32-20(21,22)23)25-17(26-28)24-16-12-7-8-13(16)10-27(9-12)19(29)30/h3-6,11-13,16H,7-10H2,1-2H3,(H,24,26)(H,29,30)/t12-,13+,16+. The molecule has 1 saturated heterocycles. The highest BCUT2D eigenvalue weighted by molar-refractivity contribution is 5.65. The molecule has 1 aliphatic carbocycles. The average molecular weight is 455 g/mol. The molecular formula is C20H24F3N5O4. The summed E-state index contributed by atoms with van der Waals surface area (Å²) in [5.74, 6) is -0.0525. The van der Waals surface area contributed by atoms with Crippen molar-refractivity contribution in [2.45, 2.75) is 45.1 Å². The van der Waals surface area contributed by atoms with Gasteiger partial charge in [0.2, 0.25) is 5.95 Å². The molecule has 2 heterocycles. The average Bonchev–Trinajstić information content (AvgIpc) is 3.18. The van der Waals surface area contributed by atoms with Gasteiger partial charge < -0.3 is 24.8 Å². The molecule has 9 nitrogen and oxygen atoms in total. The molecule has 12 heteroatoms. The van der Waals surface area contributed by atoms with Crippen LogP contribution in [0.2, 0.25) is 0 Å². The number of hydrogen-bond donors (Lipinski definition) is 2. The van der Waals surface area contributed by atoms with Crippen molar-refractivity contribution < 1.29 is 32.5 Å². The Bertz CT molecular complexity index is 966. The van der Waals surface area contributed by atoms with E-state index < -0.39 is 18.2 Å². The van der Waals surface area contributed by atoms with E-state index in [1.807, 2.05) is 13.8 Å². The summed E-state index contributed by atoms with van der Waals surface area (Å²) in [5.41, 5.74) is 0. The number of aromatic nitrogens is 3. The molecule has 3 atom stereocenters. The van der Waals surface area contributed by atoms with E-state index in [1.54, 1.807) is 0 Å². The Kier molecular flexibility index (Phi) is 5.78. The Morgan fingerprint density at radius 2 is 1.81 bits per heavy atom. The first kappa shape index (κ1) is 22.0. The van der Waals surface area contributed by atoms with Gasteiger partial charge in [-0.15, -0.1) is 18.3 Å². The van der Waals surface area contributed by atoms with E-state index in [0.29, 0.717) is 13.1 Å². The van der Waals surface area contributed by atoms with Gasteiger partial charge in [-0.3, -0.25) is 0 Å². The van der Waals surface area contributed by atoms with Crippen molar-refractivity contribution in [1.29, 1.82) is 0 Å². The molecule has 0 unspecified atom stereocenters. The van der Waals surface area contributed by atoms with Gasteiger partial charge >= 0.3 is 18.5 Å². The molecule has 2 aromatic rings. The third-order valence-corrected chi connectivity index (χ3v) is 5.77. The zero-order valence-electron chi connectivity index (χ0n) is 17.5. The Hall–Kier alpha value is -3.18. The molecule has 2 N–H and O–H groups in total. The molecule has 2 bridgehead atoms. The molecule has 0 radical (unpaired) electrons. The summed E-state index contributed by atoms with van der Waals surface area (Å²) in [4.78, 5) is 17.1. The summed E-state index contributed by atoms with van der Waals surface area (Å²) in [7, 11) is 0. The zero-order valence-corrected chi connectivity index (χ0v) is 17.5. The lowest BCUT2D eigenvalue weighted by atomic mass is 9.92. The summed E-state index contributed by atoms with van der Waals surface area (Å²) >= 11 is 0. The molecule has 32 heavy (non-hydrogen) atoms. The second-order valence-electron chi connectivity index (χ2n) is 8.31. The van der Waals surface area contributed by atoms with Gasteiger partial charge in [-0.1, -0.05) is 12.1 Å². The van der Waals surface area contributed by atoms with Crippen LogP contribution in [-0.4, -0.2) is 56.4 Å². The van der Waals surface area contributed by atoms with E-state index >= 15 is 0 Å². The molecule has 1 saturated carbocycles. The molecule has 2 fully saturated rings. The first-order valence-corrected chi connectivity index (χ1v) is 10.3. The maximum absolute atomic E-state index is 12.7. The van der Waals surface area contributed by atoms with Crippen LogP contribution in [0.5, 0.6) is 17.5 Å². The number of halogens is 3. The topological polar surface area (TPSA) is 102 Å². The Balaban J connectivity index is 1.54. The Labute approximate surface area is 182 Å². The number of benzene rings is 1. The lowest BCUT2D eigenvalue weighted by Crippen LogP contribution is -2.49. The highest BCUT2D eigenvalue weighted by Crippen LogP contribution is 2.39. The number of likely N-dealkylation sites (tertiary alicyclic amines) is 1. The van der Waals surface area contributed by atoms with E-state index in [1.165, 1.54) is 27.8 Å². The molecule has 0 spiro atoms. The van der Waals surface area contributed by atoms with Gasteiger partial charge in [0.15, 0.2) is 11.5 Å². The van der Waals surface area contributed by atoms with Crippen LogP contribution < -0.4 is 14.8 Å². The molecular weight excluding hydrogens is 431 g/mol. The first-order valence-electron chi connectivity index (χ1n) is 10.3. The van der Waals surface area contributed by atoms with E-state index in [0.717, 1.165) is 18.9 Å². The lowest BCUT2D eigenvalue weighted by Gasteiger charge is -2.36. The van der Waals surface area contributed by atoms with E-state index in [4.69, 9.17) is 4.74 Å². The van der Waals surface area contributed by atoms with Gasteiger partial charge in [-0.25, -0.2) is 9.48 Å². The largest absolute Gasteiger partial charge is 0.573 e. The summed E-state index contributed by atoms with van der Waals surface area (Å²) in [6.45, 7) is 4.58. The minimum atomic E-state index is -4.86. The van der Waals surface area contributed by atoms with Crippen molar-refractivity contribution >= 4 is 12.0 Å². The van der Waals surface area contributed by atoms with Crippen LogP contribution in [0.25, 0.3) is 0 Å². The highest BCUT2D eigenvalue weighted by atomic mass is 19.4. The van der Waals surface area contributed by atoms with Gasteiger partial charge in [0.05, 0.1) is 6.04 Å². The van der Waals surface area contributed by atoms with Gasteiger partial charge in [0.25, 0.3) is 0 Å². The summed E-state index contributed by atoms with van der Waals surface area (Å²) in [6.07, 6.45) is -3.97. The number of fused-ring (bicyclic) bond motifs is 2. The number of nitrogens with zero attached hydrogens (tertiary/aromatic N) is 4. The van der Waals surface area contributed by atoms with Gasteiger partial charge in [-0.05, 0) is 50.7 Å². The normalized spacial score (nSPS) is 22.8. The maximum atomic E-state index is 12.7. The maximum Gasteiger partial charge on any atom is 0.573 e. The number of hydrogen-bond acceptors (Lipinski definition) is 6. The lowest BCUT2D eigenvalue weighted by molar-refractivity contribution is -0.275. The van der Waals surface area contributed by atoms with Crippen molar-refractivity contribution in [1.82, 2.24) is 19.7 Å². The smallest absolute Gasteiger partial charge is 0.465 e. The van der Waals surface area contributed by atoms with Crippen molar-refractivity contribution in [2.24, 2.45) is 11.8 Å². The van der Waals surface area contributed by atoms with Crippen LogP contribution in [0.4, 0.5) is 23.9 Å². The summed E-state index contributed by atoms with van der Waals surface area (Å²) in [6, 6.07) is 5.32. The molecule has 1 aromatic carbocycles. The van der Waals surface area contributed by atoms with Crippen LogP contribution in [0.15, 0.2) is 24.3 Å². The number of anilines is 1. The second-order valence-corrected chi connectivity index (χ2v) is 8.31. The van der Waals surface area contributed by atoms with E-state index in [9.17, 15) is 23.1 Å². The van der Waals surface area contributed by atoms with Crippen molar-refractivity contribution in [3.63, 3.8) is 0 Å². The summed E-state index contributed by atoms with van der Waals surface area (Å²) in [5, 5.41) is 17.0. The number of alkyl halides is 3. The van der Waals surface area contributed by atoms with Gasteiger partial charge in [0, 0.05) is 19.1 Å². The van der Waals surface area contributed by atoms with Crippen LogP contribution in [0.3, 0.4) is 0 Å². The molecule has 1 aliphatic heterocycles. The predicted octanol–water partition coefficient (Wildman–Crippen LogP) is 4.35. The van der Waals surface area contributed by atoms with Gasteiger partial charge in [-0.2, -0.15) is 4.98 Å². The van der Waals surface area contributed by atoms with E-state index in [2.05, 4.69) is 20.1 Å². The number of amides is 1. The molecule has 1 amide bonds. The fraction of sp³-hybridized carbons (Fsp3) is 0.550. The minimum absolute atomic E-state index is 0.0160. The summed E-state index contributed by atoms with van der Waals surface area (Å²) < 4.78 is 49.4. The Morgan fingerprint density at radius 1 is 1.19 bits per heavy atom. The number of ether oxygens (including phenoxy) is 2. The van der Waals surface area contributed by atoms with Crippen LogP contribution in [0.1, 0.15) is 32.7 Å². The monoisotopic (exact) mass is 455 g/mol. The fourth-order valence-corrected chi connectivity index (χ4v) is 4.38. The molecule has 4 rings (SSSR count). The van der Waals surface area contributed by atoms with Crippen molar-refractivity contribution in [2.75, 3.05) is 18.4 Å². The SMILES string of the molecule is CC(C)n1nc(N[C@H]2[C@@H]3CC[C@H]2CN(C(=O)O)C3)nc1Oc1ccccc1OC(F)(F)F. The molecule has 1 aromatic heterocycles. The number of rotatable bonds is 6.